The van der Waals surface area contributed by atoms with Gasteiger partial charge >= 0.3 is 0 Å². The van der Waals surface area contributed by atoms with Crippen molar-refractivity contribution in [3.8, 4) is 0 Å². The Morgan fingerprint density at radius 3 is 2.94 bits per heavy atom. The highest BCUT2D eigenvalue weighted by Gasteiger charge is 2.41. The van der Waals surface area contributed by atoms with Crippen LogP contribution < -0.4 is 15.5 Å². The Kier molecular flexibility index (Phi) is 5.97. The lowest BCUT2D eigenvalue weighted by Gasteiger charge is -2.26. The van der Waals surface area contributed by atoms with E-state index in [0.717, 1.165) is 48.5 Å². The molecular formula is C22H28N6O2S. The van der Waals surface area contributed by atoms with Crippen LogP contribution in [0.4, 0.5) is 5.82 Å². The van der Waals surface area contributed by atoms with Gasteiger partial charge in [0.05, 0.1) is 6.04 Å². The number of nitrogens with one attached hydrogen (secondary N) is 2. The molecule has 0 bridgehead atoms. The van der Waals surface area contributed by atoms with E-state index in [-0.39, 0.29) is 18.0 Å². The van der Waals surface area contributed by atoms with Crippen LogP contribution in [-0.4, -0.2) is 66.3 Å². The molecule has 2 aliphatic heterocycles. The third-order valence-electron chi connectivity index (χ3n) is 6.45. The number of amides is 1. The van der Waals surface area contributed by atoms with E-state index >= 15 is 0 Å². The molecule has 164 valence electrons. The molecule has 3 aliphatic rings. The first-order valence-electron chi connectivity index (χ1n) is 11.0. The molecule has 3 atom stereocenters. The highest BCUT2D eigenvalue weighted by atomic mass is 32.1. The quantitative estimate of drug-likeness (QED) is 0.711. The maximum Gasteiger partial charge on any atom is 0.280 e. The molecule has 4 heterocycles. The monoisotopic (exact) mass is 440 g/mol. The molecule has 2 saturated heterocycles. The van der Waals surface area contributed by atoms with Gasteiger partial charge in [-0.3, -0.25) is 4.79 Å². The first kappa shape index (κ1) is 20.5. The van der Waals surface area contributed by atoms with E-state index in [0.29, 0.717) is 30.1 Å². The van der Waals surface area contributed by atoms with E-state index in [9.17, 15) is 4.79 Å². The zero-order valence-electron chi connectivity index (χ0n) is 17.7. The number of thiazole rings is 1. The Bertz CT molecular complexity index is 999. The van der Waals surface area contributed by atoms with Crippen LogP contribution in [-0.2, 0) is 4.74 Å². The number of carbonyl (C=O) groups excluding carboxylic acids is 1. The summed E-state index contributed by atoms with van der Waals surface area (Å²) in [6.45, 7) is 3.29. The summed E-state index contributed by atoms with van der Waals surface area (Å²) >= 11 is 1.34. The standard InChI is InChI=1S/C22H28N6O2S/c1-23-9-6-14-12-28(17-5-3-2-4-16(14)17)19-18-21(25-13-24-19)31-22(27-18)20(29)26-15-7-10-30-11-8-15/h2-5,13-17,23H,6-12H2,1H3,(H,26,29). The Morgan fingerprint density at radius 2 is 2.10 bits per heavy atom. The number of allylic oxidation sites excluding steroid dienone is 2. The molecule has 1 aliphatic carbocycles. The molecule has 2 aromatic rings. The molecule has 0 spiro atoms. The third kappa shape index (κ3) is 4.09. The molecule has 0 saturated carbocycles. The molecule has 8 nitrogen and oxygen atoms in total. The van der Waals surface area contributed by atoms with E-state index in [2.05, 4.69) is 49.8 Å². The molecule has 3 unspecified atom stereocenters. The first-order chi connectivity index (χ1) is 15.2. The minimum Gasteiger partial charge on any atom is -0.381 e. The van der Waals surface area contributed by atoms with Gasteiger partial charge < -0.3 is 20.3 Å². The normalized spacial score (nSPS) is 25.8. The molecule has 0 aromatic carbocycles. The molecular weight excluding hydrogens is 412 g/mol. The Morgan fingerprint density at radius 1 is 1.26 bits per heavy atom. The lowest BCUT2D eigenvalue weighted by atomic mass is 9.86. The minimum absolute atomic E-state index is 0.132. The second-order valence-electron chi connectivity index (χ2n) is 8.37. The summed E-state index contributed by atoms with van der Waals surface area (Å²) in [5.74, 6) is 1.69. The van der Waals surface area contributed by atoms with Crippen molar-refractivity contribution in [2.45, 2.75) is 31.3 Å². The van der Waals surface area contributed by atoms with Crippen molar-refractivity contribution >= 4 is 33.4 Å². The van der Waals surface area contributed by atoms with Gasteiger partial charge in [0.2, 0.25) is 0 Å². The van der Waals surface area contributed by atoms with Crippen LogP contribution in [0.3, 0.4) is 0 Å². The fourth-order valence-corrected chi connectivity index (χ4v) is 5.64. The number of carbonyl (C=O) groups is 1. The first-order valence-corrected chi connectivity index (χ1v) is 11.8. The topological polar surface area (TPSA) is 92.3 Å². The summed E-state index contributed by atoms with van der Waals surface area (Å²) in [5, 5.41) is 6.82. The predicted molar refractivity (Wildman–Crippen MR) is 121 cm³/mol. The summed E-state index contributed by atoms with van der Waals surface area (Å²) in [5.41, 5.74) is 0.723. The predicted octanol–water partition coefficient (Wildman–Crippen LogP) is 2.15. The van der Waals surface area contributed by atoms with E-state index in [1.807, 2.05) is 7.05 Å². The van der Waals surface area contributed by atoms with Gasteiger partial charge in [0, 0.05) is 31.7 Å². The fraction of sp³-hybridized carbons (Fsp3) is 0.545. The molecule has 2 N–H and O–H groups in total. The second kappa shape index (κ2) is 9.02. The van der Waals surface area contributed by atoms with Crippen LogP contribution in [0.25, 0.3) is 10.3 Å². The largest absolute Gasteiger partial charge is 0.381 e. The van der Waals surface area contributed by atoms with Crippen LogP contribution in [0.5, 0.6) is 0 Å². The van der Waals surface area contributed by atoms with E-state index in [4.69, 9.17) is 9.72 Å². The highest BCUT2D eigenvalue weighted by Crippen LogP contribution is 2.40. The van der Waals surface area contributed by atoms with Crippen LogP contribution in [0.15, 0.2) is 30.6 Å². The third-order valence-corrected chi connectivity index (χ3v) is 7.41. The maximum absolute atomic E-state index is 12.8. The summed E-state index contributed by atoms with van der Waals surface area (Å²) in [6, 6.07) is 0.399. The van der Waals surface area contributed by atoms with Gasteiger partial charge in [-0.2, -0.15) is 0 Å². The molecule has 31 heavy (non-hydrogen) atoms. The number of hydrogen-bond donors (Lipinski definition) is 2. The van der Waals surface area contributed by atoms with Crippen molar-refractivity contribution in [2.75, 3.05) is 38.3 Å². The van der Waals surface area contributed by atoms with E-state index in [1.165, 1.54) is 11.3 Å². The van der Waals surface area contributed by atoms with Gasteiger partial charge in [-0.1, -0.05) is 35.6 Å². The maximum atomic E-state index is 12.8. The summed E-state index contributed by atoms with van der Waals surface area (Å²) in [6.07, 6.45) is 13.2. The highest BCUT2D eigenvalue weighted by molar-refractivity contribution is 7.19. The second-order valence-corrected chi connectivity index (χ2v) is 9.35. The van der Waals surface area contributed by atoms with Crippen molar-refractivity contribution in [3.05, 3.63) is 35.6 Å². The van der Waals surface area contributed by atoms with Crippen molar-refractivity contribution < 1.29 is 9.53 Å². The average molecular weight is 441 g/mol. The van der Waals surface area contributed by atoms with E-state index in [1.54, 1.807) is 6.33 Å². The molecule has 2 aromatic heterocycles. The SMILES string of the molecule is CNCCC1CN(c2ncnc3sc(C(=O)NC4CCOCC4)nc23)C2C=CC=CC12. The summed E-state index contributed by atoms with van der Waals surface area (Å²) in [7, 11) is 2.00. The Labute approximate surface area is 185 Å². The molecule has 0 radical (unpaired) electrons. The Balaban J connectivity index is 1.41. The van der Waals surface area contributed by atoms with Crippen molar-refractivity contribution in [1.82, 2.24) is 25.6 Å². The number of ether oxygens (including phenoxy) is 1. The van der Waals surface area contributed by atoms with Gasteiger partial charge in [0.15, 0.2) is 10.8 Å². The summed E-state index contributed by atoms with van der Waals surface area (Å²) < 4.78 is 5.38. The van der Waals surface area contributed by atoms with Crippen LogP contribution >= 0.6 is 11.3 Å². The van der Waals surface area contributed by atoms with Crippen molar-refractivity contribution in [3.63, 3.8) is 0 Å². The zero-order chi connectivity index (χ0) is 21.2. The van der Waals surface area contributed by atoms with Crippen molar-refractivity contribution in [2.24, 2.45) is 11.8 Å². The van der Waals surface area contributed by atoms with Gasteiger partial charge in [0.25, 0.3) is 5.91 Å². The van der Waals surface area contributed by atoms with Gasteiger partial charge in [-0.05, 0) is 38.8 Å². The summed E-state index contributed by atoms with van der Waals surface area (Å²) in [4.78, 5) is 29.7. The van der Waals surface area contributed by atoms with Gasteiger partial charge in [-0.25, -0.2) is 15.0 Å². The van der Waals surface area contributed by atoms with Crippen LogP contribution in [0.1, 0.15) is 29.1 Å². The minimum atomic E-state index is -0.132. The van der Waals surface area contributed by atoms with E-state index < -0.39 is 0 Å². The van der Waals surface area contributed by atoms with Crippen LogP contribution in [0, 0.1) is 11.8 Å². The molecule has 1 amide bonds. The van der Waals surface area contributed by atoms with Crippen LogP contribution in [0.2, 0.25) is 0 Å². The smallest absolute Gasteiger partial charge is 0.280 e. The number of anilines is 1. The number of aromatic nitrogens is 3. The fourth-order valence-electron chi connectivity index (χ4n) is 4.84. The number of fused-ring (bicyclic) bond motifs is 2. The molecule has 5 rings (SSSR count). The average Bonchev–Trinajstić information content (AvgIpc) is 3.40. The van der Waals surface area contributed by atoms with Gasteiger partial charge in [0.1, 0.15) is 16.7 Å². The zero-order valence-corrected chi connectivity index (χ0v) is 18.5. The van der Waals surface area contributed by atoms with Crippen molar-refractivity contribution in [1.29, 1.82) is 0 Å². The number of nitrogens with zero attached hydrogens (tertiary/aromatic N) is 4. The Hall–Kier alpha value is -2.36. The number of hydrogen-bond acceptors (Lipinski definition) is 8. The van der Waals surface area contributed by atoms with Gasteiger partial charge in [-0.15, -0.1) is 0 Å². The molecule has 9 heteroatoms. The lowest BCUT2D eigenvalue weighted by Crippen LogP contribution is -2.38. The lowest BCUT2D eigenvalue weighted by molar-refractivity contribution is 0.0696. The number of rotatable bonds is 6. The molecule has 2 fully saturated rings.